The Balaban J connectivity index is 1.59. The lowest BCUT2D eigenvalue weighted by Crippen LogP contribution is -2.15. The molecule has 148 valence electrons. The van der Waals surface area contributed by atoms with Gasteiger partial charge in [-0.05, 0) is 36.1 Å². The second-order valence-electron chi connectivity index (χ2n) is 7.24. The number of nitrogens with one attached hydrogen (secondary N) is 1. The van der Waals surface area contributed by atoms with Gasteiger partial charge < -0.3 is 14.3 Å². The fourth-order valence-electron chi connectivity index (χ4n) is 3.60. The van der Waals surface area contributed by atoms with E-state index in [-0.39, 0.29) is 5.56 Å². The van der Waals surface area contributed by atoms with Gasteiger partial charge in [0.25, 0.3) is 5.56 Å². The SMILES string of the molecule is CCc1nc2ncn(Cc3cc(C)c(OCc4ccccc4)c(C)c3)c2c(=O)[nH]1. The number of fused-ring (bicyclic) bond motifs is 1. The van der Waals surface area contributed by atoms with Gasteiger partial charge in [0.1, 0.15) is 18.2 Å². The molecule has 0 aliphatic carbocycles. The Hall–Kier alpha value is -3.41. The number of rotatable bonds is 6. The quantitative estimate of drug-likeness (QED) is 0.543. The molecule has 29 heavy (non-hydrogen) atoms. The molecule has 0 bridgehead atoms. The molecular formula is C23H24N4O2. The summed E-state index contributed by atoms with van der Waals surface area (Å²) in [6.45, 7) is 7.13. The summed E-state index contributed by atoms with van der Waals surface area (Å²) in [5, 5.41) is 0. The number of aryl methyl sites for hydroxylation is 3. The summed E-state index contributed by atoms with van der Waals surface area (Å²) in [7, 11) is 0. The third-order valence-corrected chi connectivity index (χ3v) is 4.97. The van der Waals surface area contributed by atoms with E-state index in [1.165, 1.54) is 0 Å². The molecule has 1 N–H and O–H groups in total. The summed E-state index contributed by atoms with van der Waals surface area (Å²) in [6.07, 6.45) is 2.34. The average Bonchev–Trinajstić information content (AvgIpc) is 3.11. The zero-order valence-corrected chi connectivity index (χ0v) is 16.9. The Bertz CT molecular complexity index is 1190. The van der Waals surface area contributed by atoms with Crippen molar-refractivity contribution < 1.29 is 4.74 Å². The third kappa shape index (κ3) is 3.92. The first-order chi connectivity index (χ1) is 14.0. The number of nitrogens with zero attached hydrogens (tertiary/aromatic N) is 3. The number of aromatic nitrogens is 4. The van der Waals surface area contributed by atoms with Gasteiger partial charge in [-0.1, -0.05) is 49.4 Å². The predicted molar refractivity (Wildman–Crippen MR) is 113 cm³/mol. The van der Waals surface area contributed by atoms with E-state index in [0.29, 0.717) is 36.6 Å². The topological polar surface area (TPSA) is 72.8 Å². The number of H-pyrrole nitrogens is 1. The number of imidazole rings is 1. The van der Waals surface area contributed by atoms with Crippen molar-refractivity contribution in [2.45, 2.75) is 40.3 Å². The Kier molecular flexibility index (Phi) is 5.16. The second kappa shape index (κ2) is 7.91. The average molecular weight is 388 g/mol. The van der Waals surface area contributed by atoms with Crippen LogP contribution in [0.1, 0.15) is 35.0 Å². The summed E-state index contributed by atoms with van der Waals surface area (Å²) < 4.78 is 7.92. The van der Waals surface area contributed by atoms with Crippen LogP contribution in [-0.2, 0) is 19.6 Å². The highest BCUT2D eigenvalue weighted by Gasteiger charge is 2.12. The number of aromatic amines is 1. The molecule has 6 heteroatoms. The van der Waals surface area contributed by atoms with E-state index >= 15 is 0 Å². The summed E-state index contributed by atoms with van der Waals surface area (Å²) in [5.74, 6) is 1.56. The minimum atomic E-state index is -0.152. The van der Waals surface area contributed by atoms with E-state index in [0.717, 1.165) is 28.0 Å². The van der Waals surface area contributed by atoms with Gasteiger partial charge in [0.05, 0.1) is 6.33 Å². The molecule has 2 heterocycles. The summed E-state index contributed by atoms with van der Waals surface area (Å²) in [4.78, 5) is 24.0. The zero-order chi connectivity index (χ0) is 20.4. The summed E-state index contributed by atoms with van der Waals surface area (Å²) >= 11 is 0. The molecule has 0 saturated carbocycles. The van der Waals surface area contributed by atoms with Gasteiger partial charge in [0.2, 0.25) is 0 Å². The standard InChI is InChI=1S/C23H24N4O2/c1-4-19-25-22-20(23(28)26-19)27(14-24-22)12-18-10-15(2)21(16(3)11-18)29-13-17-8-6-5-7-9-17/h5-11,14H,4,12-13H2,1-3H3,(H,25,26,28). The van der Waals surface area contributed by atoms with Crippen LogP contribution in [-0.4, -0.2) is 19.5 Å². The molecular weight excluding hydrogens is 364 g/mol. The number of hydrogen-bond donors (Lipinski definition) is 1. The predicted octanol–water partition coefficient (Wildman–Crippen LogP) is 3.93. The molecule has 2 aromatic heterocycles. The Morgan fingerprint density at radius 2 is 1.79 bits per heavy atom. The largest absolute Gasteiger partial charge is 0.488 e. The van der Waals surface area contributed by atoms with Crippen molar-refractivity contribution in [2.75, 3.05) is 0 Å². The zero-order valence-electron chi connectivity index (χ0n) is 16.9. The highest BCUT2D eigenvalue weighted by Crippen LogP contribution is 2.26. The number of ether oxygens (including phenoxy) is 1. The first-order valence-electron chi connectivity index (χ1n) is 9.76. The van der Waals surface area contributed by atoms with E-state index in [2.05, 4.69) is 39.2 Å². The van der Waals surface area contributed by atoms with Crippen LogP contribution in [0.5, 0.6) is 5.75 Å². The van der Waals surface area contributed by atoms with E-state index in [1.807, 2.05) is 43.5 Å². The van der Waals surface area contributed by atoms with Crippen LogP contribution >= 0.6 is 0 Å². The monoisotopic (exact) mass is 388 g/mol. The summed E-state index contributed by atoms with van der Waals surface area (Å²) in [6, 6.07) is 14.3. The van der Waals surface area contributed by atoms with Crippen LogP contribution in [0, 0.1) is 13.8 Å². The van der Waals surface area contributed by atoms with Crippen molar-refractivity contribution in [1.29, 1.82) is 0 Å². The van der Waals surface area contributed by atoms with Gasteiger partial charge in [0, 0.05) is 13.0 Å². The van der Waals surface area contributed by atoms with Crippen LogP contribution in [0.15, 0.2) is 53.6 Å². The lowest BCUT2D eigenvalue weighted by molar-refractivity contribution is 0.302. The first kappa shape index (κ1) is 18.9. The summed E-state index contributed by atoms with van der Waals surface area (Å²) in [5.41, 5.74) is 5.20. The maximum Gasteiger partial charge on any atom is 0.277 e. The van der Waals surface area contributed by atoms with Crippen LogP contribution in [0.2, 0.25) is 0 Å². The van der Waals surface area contributed by atoms with E-state index in [1.54, 1.807) is 6.33 Å². The van der Waals surface area contributed by atoms with Gasteiger partial charge in [0.15, 0.2) is 11.2 Å². The van der Waals surface area contributed by atoms with Gasteiger partial charge in [-0.3, -0.25) is 4.79 Å². The first-order valence-corrected chi connectivity index (χ1v) is 9.76. The second-order valence-corrected chi connectivity index (χ2v) is 7.24. The normalized spacial score (nSPS) is 11.1. The molecule has 0 atom stereocenters. The van der Waals surface area contributed by atoms with Crippen LogP contribution in [0.25, 0.3) is 11.2 Å². The lowest BCUT2D eigenvalue weighted by Gasteiger charge is -2.15. The molecule has 0 spiro atoms. The molecule has 2 aromatic carbocycles. The maximum absolute atomic E-state index is 12.5. The molecule has 0 fully saturated rings. The smallest absolute Gasteiger partial charge is 0.277 e. The molecule has 0 radical (unpaired) electrons. The number of hydrogen-bond acceptors (Lipinski definition) is 4. The van der Waals surface area contributed by atoms with Gasteiger partial charge >= 0.3 is 0 Å². The highest BCUT2D eigenvalue weighted by molar-refractivity contribution is 5.69. The Labute approximate surface area is 169 Å². The minimum absolute atomic E-state index is 0.152. The Morgan fingerprint density at radius 3 is 2.48 bits per heavy atom. The third-order valence-electron chi connectivity index (χ3n) is 4.97. The molecule has 6 nitrogen and oxygen atoms in total. The number of benzene rings is 2. The molecule has 4 rings (SSSR count). The van der Waals surface area contributed by atoms with Crippen molar-refractivity contribution in [3.63, 3.8) is 0 Å². The van der Waals surface area contributed by atoms with Crippen LogP contribution in [0.4, 0.5) is 0 Å². The maximum atomic E-state index is 12.5. The molecule has 0 aliphatic rings. The lowest BCUT2D eigenvalue weighted by atomic mass is 10.1. The fourth-order valence-corrected chi connectivity index (χ4v) is 3.60. The van der Waals surface area contributed by atoms with Crippen LogP contribution < -0.4 is 10.3 Å². The molecule has 0 unspecified atom stereocenters. The molecule has 0 aliphatic heterocycles. The molecule has 4 aromatic rings. The van der Waals surface area contributed by atoms with Crippen molar-refractivity contribution in [2.24, 2.45) is 0 Å². The fraction of sp³-hybridized carbons (Fsp3) is 0.261. The minimum Gasteiger partial charge on any atom is -0.488 e. The van der Waals surface area contributed by atoms with Crippen molar-refractivity contribution in [3.8, 4) is 5.75 Å². The van der Waals surface area contributed by atoms with Gasteiger partial charge in [-0.2, -0.15) is 0 Å². The van der Waals surface area contributed by atoms with E-state index in [9.17, 15) is 4.79 Å². The van der Waals surface area contributed by atoms with Crippen LogP contribution in [0.3, 0.4) is 0 Å². The van der Waals surface area contributed by atoms with Crippen molar-refractivity contribution in [1.82, 2.24) is 19.5 Å². The molecule has 0 amide bonds. The van der Waals surface area contributed by atoms with Gasteiger partial charge in [-0.25, -0.2) is 9.97 Å². The van der Waals surface area contributed by atoms with E-state index < -0.39 is 0 Å². The van der Waals surface area contributed by atoms with E-state index in [4.69, 9.17) is 4.74 Å². The van der Waals surface area contributed by atoms with Gasteiger partial charge in [-0.15, -0.1) is 0 Å². The van der Waals surface area contributed by atoms with Crippen molar-refractivity contribution >= 4 is 11.2 Å². The Morgan fingerprint density at radius 1 is 1.07 bits per heavy atom. The highest BCUT2D eigenvalue weighted by atomic mass is 16.5. The van der Waals surface area contributed by atoms with Crippen molar-refractivity contribution in [3.05, 3.63) is 87.2 Å². The molecule has 0 saturated heterocycles.